The van der Waals surface area contributed by atoms with Gasteiger partial charge >= 0.3 is 0 Å². The van der Waals surface area contributed by atoms with Gasteiger partial charge in [-0.3, -0.25) is 4.90 Å². The third kappa shape index (κ3) is 3.16. The van der Waals surface area contributed by atoms with Crippen molar-refractivity contribution >= 4 is 0 Å². The van der Waals surface area contributed by atoms with Crippen LogP contribution in [-0.2, 0) is 9.47 Å². The summed E-state index contributed by atoms with van der Waals surface area (Å²) in [7, 11) is 0. The van der Waals surface area contributed by atoms with E-state index in [2.05, 4.69) is 42.2 Å². The zero-order valence-corrected chi connectivity index (χ0v) is 11.6. The summed E-state index contributed by atoms with van der Waals surface area (Å²) in [6, 6.07) is 10.9. The van der Waals surface area contributed by atoms with Crippen LogP contribution in [0.25, 0.3) is 0 Å². The highest BCUT2D eigenvalue weighted by atomic mass is 16.7. The molecular weight excluding hydrogens is 238 g/mol. The van der Waals surface area contributed by atoms with Crippen molar-refractivity contribution in [1.29, 1.82) is 0 Å². The van der Waals surface area contributed by atoms with Crippen LogP contribution in [-0.4, -0.2) is 44.0 Å². The van der Waals surface area contributed by atoms with Gasteiger partial charge in [-0.15, -0.1) is 0 Å². The molecule has 2 saturated heterocycles. The lowest BCUT2D eigenvalue weighted by atomic mass is 9.81. The maximum atomic E-state index is 5.54. The minimum atomic E-state index is 0.000440. The number of nitrogens with zero attached hydrogens (tertiary/aromatic N) is 1. The second kappa shape index (κ2) is 6.04. The van der Waals surface area contributed by atoms with E-state index in [9.17, 15) is 0 Å². The third-order valence-corrected chi connectivity index (χ3v) is 4.32. The Kier molecular flexibility index (Phi) is 4.16. The monoisotopic (exact) mass is 261 g/mol. The first-order valence-electron chi connectivity index (χ1n) is 7.33. The molecule has 0 radical (unpaired) electrons. The second-order valence-corrected chi connectivity index (χ2v) is 5.71. The molecule has 104 valence electrons. The lowest BCUT2D eigenvalue weighted by Gasteiger charge is -2.37. The molecule has 3 rings (SSSR count). The Morgan fingerprint density at radius 1 is 1.16 bits per heavy atom. The molecule has 2 fully saturated rings. The van der Waals surface area contributed by atoms with Crippen molar-refractivity contribution in [2.45, 2.75) is 25.6 Å². The Hall–Kier alpha value is -0.900. The van der Waals surface area contributed by atoms with E-state index in [1.54, 1.807) is 0 Å². The van der Waals surface area contributed by atoms with Crippen LogP contribution in [0.4, 0.5) is 0 Å². The highest BCUT2D eigenvalue weighted by Gasteiger charge is 2.29. The molecule has 3 heteroatoms. The molecule has 0 amide bonds. The minimum absolute atomic E-state index is 0.000440. The van der Waals surface area contributed by atoms with E-state index in [-0.39, 0.29) is 6.29 Å². The standard InChI is InChI=1S/C16H23NO2/c1-13-11-17(12-16-18-9-10-19-16)8-7-15(13)14-5-3-2-4-6-14/h2-6,13,15-16H,7-12H2,1H3/t13-,15+/m0/s1. The summed E-state index contributed by atoms with van der Waals surface area (Å²) in [5.74, 6) is 1.39. The predicted molar refractivity (Wildman–Crippen MR) is 75.1 cm³/mol. The van der Waals surface area contributed by atoms with E-state index in [1.807, 2.05) is 0 Å². The third-order valence-electron chi connectivity index (χ3n) is 4.32. The highest BCUT2D eigenvalue weighted by Crippen LogP contribution is 2.32. The van der Waals surface area contributed by atoms with E-state index in [0.29, 0.717) is 11.8 Å². The molecule has 19 heavy (non-hydrogen) atoms. The molecule has 0 bridgehead atoms. The van der Waals surface area contributed by atoms with Gasteiger partial charge < -0.3 is 9.47 Å². The lowest BCUT2D eigenvalue weighted by Crippen LogP contribution is -2.42. The SMILES string of the molecule is C[C@H]1CN(CC2OCCO2)CC[C@H]1c1ccccc1. The molecule has 2 aliphatic heterocycles. The van der Waals surface area contributed by atoms with E-state index in [4.69, 9.17) is 9.47 Å². The van der Waals surface area contributed by atoms with E-state index in [0.717, 1.165) is 32.8 Å². The molecule has 1 aromatic carbocycles. The topological polar surface area (TPSA) is 21.7 Å². The normalized spacial score (nSPS) is 29.7. The molecule has 0 saturated carbocycles. The Bertz CT molecular complexity index is 389. The Balaban J connectivity index is 1.56. The molecule has 0 unspecified atom stereocenters. The van der Waals surface area contributed by atoms with Crippen molar-refractivity contribution in [1.82, 2.24) is 4.90 Å². The number of likely N-dealkylation sites (tertiary alicyclic amines) is 1. The van der Waals surface area contributed by atoms with Crippen molar-refractivity contribution < 1.29 is 9.47 Å². The van der Waals surface area contributed by atoms with Gasteiger partial charge in [0.2, 0.25) is 0 Å². The first kappa shape index (κ1) is 13.1. The van der Waals surface area contributed by atoms with Crippen molar-refractivity contribution in [2.24, 2.45) is 5.92 Å². The number of hydrogen-bond donors (Lipinski definition) is 0. The molecule has 1 aromatic rings. The summed E-state index contributed by atoms with van der Waals surface area (Å²) in [6.45, 7) is 7.07. The quantitative estimate of drug-likeness (QED) is 0.834. The summed E-state index contributed by atoms with van der Waals surface area (Å²) in [5, 5.41) is 0. The Morgan fingerprint density at radius 2 is 1.89 bits per heavy atom. The van der Waals surface area contributed by atoms with Crippen LogP contribution in [0.3, 0.4) is 0 Å². The highest BCUT2D eigenvalue weighted by molar-refractivity contribution is 5.20. The molecule has 2 atom stereocenters. The van der Waals surface area contributed by atoms with Crippen LogP contribution in [0.1, 0.15) is 24.8 Å². The first-order valence-corrected chi connectivity index (χ1v) is 7.33. The molecule has 2 aliphatic rings. The van der Waals surface area contributed by atoms with Crippen LogP contribution in [0, 0.1) is 5.92 Å². The summed E-state index contributed by atoms with van der Waals surface area (Å²) < 4.78 is 11.1. The smallest absolute Gasteiger partial charge is 0.170 e. The lowest BCUT2D eigenvalue weighted by molar-refractivity contribution is -0.0677. The molecule has 0 aromatic heterocycles. The number of hydrogen-bond acceptors (Lipinski definition) is 3. The molecule has 0 spiro atoms. The van der Waals surface area contributed by atoms with E-state index in [1.165, 1.54) is 12.0 Å². The van der Waals surface area contributed by atoms with Gasteiger partial charge in [0.25, 0.3) is 0 Å². The van der Waals surface area contributed by atoms with Crippen molar-refractivity contribution in [3.05, 3.63) is 35.9 Å². The van der Waals surface area contributed by atoms with E-state index < -0.39 is 0 Å². The number of benzene rings is 1. The summed E-state index contributed by atoms with van der Waals surface area (Å²) in [4.78, 5) is 2.49. The minimum Gasteiger partial charge on any atom is -0.349 e. The van der Waals surface area contributed by atoms with Crippen molar-refractivity contribution in [3.8, 4) is 0 Å². The average molecular weight is 261 g/mol. The van der Waals surface area contributed by atoms with Gasteiger partial charge in [0.05, 0.1) is 13.2 Å². The zero-order chi connectivity index (χ0) is 13.1. The Labute approximate surface area is 115 Å². The number of rotatable bonds is 3. The predicted octanol–water partition coefficient (Wildman–Crippen LogP) is 2.48. The number of ether oxygens (including phenoxy) is 2. The van der Waals surface area contributed by atoms with Gasteiger partial charge in [0.1, 0.15) is 0 Å². The van der Waals surface area contributed by atoms with Crippen molar-refractivity contribution in [2.75, 3.05) is 32.8 Å². The number of piperidine rings is 1. The molecule has 3 nitrogen and oxygen atoms in total. The van der Waals surface area contributed by atoms with E-state index >= 15 is 0 Å². The fraction of sp³-hybridized carbons (Fsp3) is 0.625. The summed E-state index contributed by atoms with van der Waals surface area (Å²) >= 11 is 0. The fourth-order valence-corrected chi connectivity index (χ4v) is 3.32. The average Bonchev–Trinajstić information content (AvgIpc) is 2.93. The van der Waals surface area contributed by atoms with Gasteiger partial charge in [-0.1, -0.05) is 37.3 Å². The zero-order valence-electron chi connectivity index (χ0n) is 11.6. The first-order chi connectivity index (χ1) is 9.33. The molecular formula is C16H23NO2. The van der Waals surface area contributed by atoms with Gasteiger partial charge in [-0.05, 0) is 30.4 Å². The van der Waals surface area contributed by atoms with Crippen LogP contribution in [0.5, 0.6) is 0 Å². The molecule has 0 N–H and O–H groups in total. The van der Waals surface area contributed by atoms with Gasteiger partial charge in [0.15, 0.2) is 6.29 Å². The van der Waals surface area contributed by atoms with Gasteiger partial charge in [-0.2, -0.15) is 0 Å². The Morgan fingerprint density at radius 3 is 2.58 bits per heavy atom. The molecule has 2 heterocycles. The van der Waals surface area contributed by atoms with Crippen LogP contribution in [0.2, 0.25) is 0 Å². The maximum absolute atomic E-state index is 5.54. The van der Waals surface area contributed by atoms with Crippen molar-refractivity contribution in [3.63, 3.8) is 0 Å². The van der Waals surface area contributed by atoms with Crippen LogP contribution in [0.15, 0.2) is 30.3 Å². The van der Waals surface area contributed by atoms with Gasteiger partial charge in [0, 0.05) is 13.1 Å². The fourth-order valence-electron chi connectivity index (χ4n) is 3.32. The van der Waals surface area contributed by atoms with Gasteiger partial charge in [-0.25, -0.2) is 0 Å². The largest absolute Gasteiger partial charge is 0.349 e. The van der Waals surface area contributed by atoms with Crippen LogP contribution < -0.4 is 0 Å². The maximum Gasteiger partial charge on any atom is 0.170 e. The summed E-state index contributed by atoms with van der Waals surface area (Å²) in [6.07, 6.45) is 1.23. The van der Waals surface area contributed by atoms with Crippen LogP contribution >= 0.6 is 0 Å². The summed E-state index contributed by atoms with van der Waals surface area (Å²) in [5.41, 5.74) is 1.49. The molecule has 0 aliphatic carbocycles. The second-order valence-electron chi connectivity index (χ2n) is 5.71.